The average Bonchev–Trinajstić information content (AvgIpc) is 2.02. The summed E-state index contributed by atoms with van der Waals surface area (Å²) in [5.41, 5.74) is 5.20. The van der Waals surface area contributed by atoms with E-state index in [9.17, 15) is 4.79 Å². The van der Waals surface area contributed by atoms with E-state index in [1.165, 1.54) is 4.90 Å². The zero-order valence-corrected chi connectivity index (χ0v) is 7.63. The van der Waals surface area contributed by atoms with E-state index in [-0.39, 0.29) is 5.84 Å². The predicted octanol–water partition coefficient (Wildman–Crippen LogP) is 0.399. The van der Waals surface area contributed by atoms with E-state index >= 15 is 0 Å². The van der Waals surface area contributed by atoms with Crippen molar-refractivity contribution in [1.29, 1.82) is 5.41 Å². The van der Waals surface area contributed by atoms with Crippen molar-refractivity contribution in [2.75, 3.05) is 13.7 Å². The zero-order valence-electron chi connectivity index (χ0n) is 7.63. The fourth-order valence-corrected chi connectivity index (χ4v) is 0.592. The van der Waals surface area contributed by atoms with E-state index in [1.807, 2.05) is 0 Å². The van der Waals surface area contributed by atoms with Gasteiger partial charge in [-0.1, -0.05) is 0 Å². The standard InChI is InChI=1S/C7H15N3O2/c1-4-12-7(11)10(3)5(2)6(8)9/h5H,4H2,1-3H3,(H3,8,9). The largest absolute Gasteiger partial charge is 0.450 e. The minimum Gasteiger partial charge on any atom is -0.450 e. The first kappa shape index (κ1) is 10.7. The first-order valence-corrected chi connectivity index (χ1v) is 3.74. The lowest BCUT2D eigenvalue weighted by atomic mass is 10.3. The summed E-state index contributed by atoms with van der Waals surface area (Å²) >= 11 is 0. The molecule has 70 valence electrons. The van der Waals surface area contributed by atoms with Gasteiger partial charge in [-0.05, 0) is 13.8 Å². The van der Waals surface area contributed by atoms with Crippen LogP contribution in [0.1, 0.15) is 13.8 Å². The Morgan fingerprint density at radius 3 is 2.58 bits per heavy atom. The maximum absolute atomic E-state index is 11.0. The van der Waals surface area contributed by atoms with Gasteiger partial charge in [-0.2, -0.15) is 0 Å². The maximum atomic E-state index is 11.0. The summed E-state index contributed by atoms with van der Waals surface area (Å²) in [7, 11) is 1.55. The summed E-state index contributed by atoms with van der Waals surface area (Å²) in [6.07, 6.45) is -0.458. The van der Waals surface area contributed by atoms with Crippen molar-refractivity contribution >= 4 is 11.9 Å². The van der Waals surface area contributed by atoms with Crippen molar-refractivity contribution in [3.05, 3.63) is 0 Å². The smallest absolute Gasteiger partial charge is 0.410 e. The highest BCUT2D eigenvalue weighted by molar-refractivity contribution is 5.85. The van der Waals surface area contributed by atoms with E-state index in [2.05, 4.69) is 0 Å². The highest BCUT2D eigenvalue weighted by Crippen LogP contribution is 1.97. The molecule has 1 amide bonds. The molecule has 0 bridgehead atoms. The van der Waals surface area contributed by atoms with E-state index in [4.69, 9.17) is 15.9 Å². The summed E-state index contributed by atoms with van der Waals surface area (Å²) in [5.74, 6) is -0.0504. The quantitative estimate of drug-likeness (QED) is 0.479. The fraction of sp³-hybridized carbons (Fsp3) is 0.714. The van der Waals surface area contributed by atoms with Gasteiger partial charge in [-0.15, -0.1) is 0 Å². The van der Waals surface area contributed by atoms with Gasteiger partial charge in [0, 0.05) is 7.05 Å². The monoisotopic (exact) mass is 173 g/mol. The number of hydrogen-bond donors (Lipinski definition) is 2. The summed E-state index contributed by atoms with van der Waals surface area (Å²) in [5, 5.41) is 7.08. The lowest BCUT2D eigenvalue weighted by Gasteiger charge is -2.22. The van der Waals surface area contributed by atoms with Gasteiger partial charge in [-0.3, -0.25) is 5.41 Å². The summed E-state index contributed by atoms with van der Waals surface area (Å²) < 4.78 is 4.71. The second-order valence-corrected chi connectivity index (χ2v) is 2.44. The van der Waals surface area contributed by atoms with Gasteiger partial charge in [-0.25, -0.2) is 4.79 Å². The molecule has 3 N–H and O–H groups in total. The van der Waals surface area contributed by atoms with E-state index < -0.39 is 12.1 Å². The molecule has 5 nitrogen and oxygen atoms in total. The molecule has 1 unspecified atom stereocenters. The molecule has 0 saturated heterocycles. The Bertz CT molecular complexity index is 181. The number of likely N-dealkylation sites (N-methyl/N-ethyl adjacent to an activating group) is 1. The fourth-order valence-electron chi connectivity index (χ4n) is 0.592. The van der Waals surface area contributed by atoms with Crippen LogP contribution in [0.5, 0.6) is 0 Å². The Morgan fingerprint density at radius 2 is 2.25 bits per heavy atom. The van der Waals surface area contributed by atoms with Crippen molar-refractivity contribution < 1.29 is 9.53 Å². The van der Waals surface area contributed by atoms with Crippen molar-refractivity contribution in [3.63, 3.8) is 0 Å². The number of nitrogens with zero attached hydrogens (tertiary/aromatic N) is 1. The Morgan fingerprint density at radius 1 is 1.75 bits per heavy atom. The highest BCUT2D eigenvalue weighted by Gasteiger charge is 2.18. The van der Waals surface area contributed by atoms with Crippen molar-refractivity contribution in [2.45, 2.75) is 19.9 Å². The van der Waals surface area contributed by atoms with Gasteiger partial charge in [0.2, 0.25) is 0 Å². The van der Waals surface area contributed by atoms with Crippen LogP contribution >= 0.6 is 0 Å². The molecule has 0 fully saturated rings. The molecule has 0 aliphatic rings. The van der Waals surface area contributed by atoms with Crippen LogP contribution in [-0.4, -0.2) is 36.5 Å². The normalized spacial score (nSPS) is 11.9. The lowest BCUT2D eigenvalue weighted by molar-refractivity contribution is 0.112. The molecule has 0 rings (SSSR count). The number of amidine groups is 1. The number of nitrogens with two attached hydrogens (primary N) is 1. The van der Waals surface area contributed by atoms with Crippen LogP contribution < -0.4 is 5.73 Å². The van der Waals surface area contributed by atoms with E-state index in [0.29, 0.717) is 6.61 Å². The third kappa shape index (κ3) is 2.77. The highest BCUT2D eigenvalue weighted by atomic mass is 16.6. The molecule has 0 spiro atoms. The number of rotatable bonds is 3. The van der Waals surface area contributed by atoms with Crippen molar-refractivity contribution in [2.24, 2.45) is 5.73 Å². The topological polar surface area (TPSA) is 79.4 Å². The Labute approximate surface area is 72.0 Å². The third-order valence-corrected chi connectivity index (χ3v) is 1.59. The molecule has 0 heterocycles. The molecule has 0 aromatic carbocycles. The number of carbonyl (C=O) groups is 1. The molecule has 5 heteroatoms. The predicted molar refractivity (Wildman–Crippen MR) is 46.2 cm³/mol. The van der Waals surface area contributed by atoms with Gasteiger partial charge in [0.05, 0.1) is 12.6 Å². The molecule has 0 aromatic rings. The van der Waals surface area contributed by atoms with Crippen LogP contribution in [0.3, 0.4) is 0 Å². The Kier molecular flexibility index (Phi) is 4.10. The minimum atomic E-state index is -0.458. The summed E-state index contributed by atoms with van der Waals surface area (Å²) in [6.45, 7) is 3.72. The van der Waals surface area contributed by atoms with Crippen LogP contribution in [0, 0.1) is 5.41 Å². The molecule has 0 aliphatic heterocycles. The van der Waals surface area contributed by atoms with E-state index in [0.717, 1.165) is 0 Å². The molecule has 12 heavy (non-hydrogen) atoms. The first-order valence-electron chi connectivity index (χ1n) is 3.74. The molecule has 1 atom stereocenters. The molecule has 0 radical (unpaired) electrons. The van der Waals surface area contributed by atoms with Crippen molar-refractivity contribution in [3.8, 4) is 0 Å². The summed E-state index contributed by atoms with van der Waals surface area (Å²) in [6, 6.07) is -0.413. The Hall–Kier alpha value is -1.26. The molecule has 0 saturated carbocycles. The van der Waals surface area contributed by atoms with E-state index in [1.54, 1.807) is 20.9 Å². The second-order valence-electron chi connectivity index (χ2n) is 2.44. The van der Waals surface area contributed by atoms with Crippen LogP contribution in [0.25, 0.3) is 0 Å². The van der Waals surface area contributed by atoms with Gasteiger partial charge in [0.1, 0.15) is 5.84 Å². The lowest BCUT2D eigenvalue weighted by Crippen LogP contribution is -2.43. The number of amides is 1. The number of hydrogen-bond acceptors (Lipinski definition) is 3. The number of ether oxygens (including phenoxy) is 1. The van der Waals surface area contributed by atoms with Gasteiger partial charge in [0.15, 0.2) is 0 Å². The number of nitrogens with one attached hydrogen (secondary N) is 1. The van der Waals surface area contributed by atoms with Gasteiger partial charge >= 0.3 is 6.09 Å². The molecule has 0 aliphatic carbocycles. The zero-order chi connectivity index (χ0) is 9.72. The maximum Gasteiger partial charge on any atom is 0.410 e. The first-order chi connectivity index (χ1) is 5.50. The molecular formula is C7H15N3O2. The number of carbonyl (C=O) groups excluding carboxylic acids is 1. The van der Waals surface area contributed by atoms with Crippen LogP contribution in [0.2, 0.25) is 0 Å². The third-order valence-electron chi connectivity index (χ3n) is 1.59. The van der Waals surface area contributed by atoms with Crippen LogP contribution in [-0.2, 0) is 4.74 Å². The van der Waals surface area contributed by atoms with Crippen molar-refractivity contribution in [1.82, 2.24) is 4.90 Å². The second kappa shape index (κ2) is 4.58. The van der Waals surface area contributed by atoms with Gasteiger partial charge in [0.25, 0.3) is 0 Å². The molecular weight excluding hydrogens is 158 g/mol. The van der Waals surface area contributed by atoms with Crippen LogP contribution in [0.15, 0.2) is 0 Å². The summed E-state index contributed by atoms with van der Waals surface area (Å²) in [4.78, 5) is 12.3. The van der Waals surface area contributed by atoms with Gasteiger partial charge < -0.3 is 15.4 Å². The average molecular weight is 173 g/mol. The van der Waals surface area contributed by atoms with Crippen LogP contribution in [0.4, 0.5) is 4.79 Å². The minimum absolute atomic E-state index is 0.0504. The SMILES string of the molecule is CCOC(=O)N(C)C(C)C(=N)N. The Balaban J connectivity index is 4.09. The molecule has 0 aromatic heterocycles.